The van der Waals surface area contributed by atoms with Crippen LogP contribution in [0.3, 0.4) is 0 Å². The Hall–Kier alpha value is -3.43. The van der Waals surface area contributed by atoms with Crippen molar-refractivity contribution in [1.29, 1.82) is 0 Å². The van der Waals surface area contributed by atoms with Crippen LogP contribution in [0, 0.1) is 0 Å². The molecule has 10 heteroatoms. The van der Waals surface area contributed by atoms with E-state index in [1.54, 1.807) is 6.07 Å². The average molecular weight is 478 g/mol. The van der Waals surface area contributed by atoms with Gasteiger partial charge in [0.15, 0.2) is 6.10 Å². The highest BCUT2D eigenvalue weighted by Crippen LogP contribution is 2.41. The molecule has 2 aromatic rings. The third kappa shape index (κ3) is 5.55. The second-order valence-electron chi connectivity index (χ2n) is 8.61. The molecule has 1 aliphatic carbocycles. The first-order chi connectivity index (χ1) is 16.1. The maximum atomic E-state index is 12.9. The van der Waals surface area contributed by atoms with E-state index in [-0.39, 0.29) is 41.9 Å². The van der Waals surface area contributed by atoms with Crippen molar-refractivity contribution in [3.63, 3.8) is 0 Å². The van der Waals surface area contributed by atoms with Crippen LogP contribution in [0.4, 0.5) is 24.5 Å². The van der Waals surface area contributed by atoms with Crippen molar-refractivity contribution >= 4 is 23.1 Å². The van der Waals surface area contributed by atoms with Gasteiger partial charge >= 0.3 is 6.36 Å². The number of alkyl halides is 3. The van der Waals surface area contributed by atoms with E-state index in [1.807, 2.05) is 0 Å². The lowest BCUT2D eigenvalue weighted by atomic mass is 9.92. The van der Waals surface area contributed by atoms with Crippen LogP contribution in [0.1, 0.15) is 49.7 Å². The van der Waals surface area contributed by atoms with Crippen LogP contribution in [-0.4, -0.2) is 35.8 Å². The SMILES string of the molecule is CC(=O)Cc1cc(C2CCCC2)c(O)cc1NC(=O)C1CNc2cc(OC(F)(F)F)ccc2O1. The number of phenols is 1. The number of nitrogens with one attached hydrogen (secondary N) is 2. The average Bonchev–Trinajstić information content (AvgIpc) is 3.28. The van der Waals surface area contributed by atoms with Crippen molar-refractivity contribution in [2.45, 2.75) is 57.4 Å². The van der Waals surface area contributed by atoms with E-state index in [0.717, 1.165) is 43.4 Å². The summed E-state index contributed by atoms with van der Waals surface area (Å²) >= 11 is 0. The first-order valence-electron chi connectivity index (χ1n) is 11.1. The summed E-state index contributed by atoms with van der Waals surface area (Å²) in [4.78, 5) is 24.7. The molecule has 1 unspecified atom stereocenters. The molecule has 1 saturated carbocycles. The Morgan fingerprint density at radius 3 is 2.62 bits per heavy atom. The summed E-state index contributed by atoms with van der Waals surface area (Å²) in [7, 11) is 0. The molecule has 1 aliphatic heterocycles. The van der Waals surface area contributed by atoms with Gasteiger partial charge in [-0.15, -0.1) is 13.2 Å². The molecule has 1 atom stereocenters. The van der Waals surface area contributed by atoms with E-state index in [4.69, 9.17) is 4.74 Å². The number of aromatic hydroxyl groups is 1. The highest BCUT2D eigenvalue weighted by Gasteiger charge is 2.32. The summed E-state index contributed by atoms with van der Waals surface area (Å²) < 4.78 is 46.9. The maximum Gasteiger partial charge on any atom is 0.573 e. The summed E-state index contributed by atoms with van der Waals surface area (Å²) in [5.41, 5.74) is 1.98. The maximum absolute atomic E-state index is 12.9. The molecule has 1 heterocycles. The number of hydrogen-bond acceptors (Lipinski definition) is 6. The Morgan fingerprint density at radius 1 is 1.21 bits per heavy atom. The molecule has 0 bridgehead atoms. The van der Waals surface area contributed by atoms with Gasteiger partial charge in [-0.25, -0.2) is 0 Å². The lowest BCUT2D eigenvalue weighted by Gasteiger charge is -2.27. The summed E-state index contributed by atoms with van der Waals surface area (Å²) in [6, 6.07) is 6.78. The van der Waals surface area contributed by atoms with E-state index < -0.39 is 24.1 Å². The van der Waals surface area contributed by atoms with Gasteiger partial charge in [-0.3, -0.25) is 9.59 Å². The van der Waals surface area contributed by atoms with E-state index in [0.29, 0.717) is 11.3 Å². The lowest BCUT2D eigenvalue weighted by molar-refractivity contribution is -0.274. The summed E-state index contributed by atoms with van der Waals surface area (Å²) in [6.45, 7) is 1.46. The van der Waals surface area contributed by atoms with Gasteiger partial charge in [0, 0.05) is 24.2 Å². The number of rotatable bonds is 6. The fourth-order valence-electron chi connectivity index (χ4n) is 4.45. The smallest absolute Gasteiger partial charge is 0.508 e. The topological polar surface area (TPSA) is 96.9 Å². The van der Waals surface area contributed by atoms with Gasteiger partial charge in [0.2, 0.25) is 0 Å². The number of anilines is 2. The molecule has 2 aromatic carbocycles. The zero-order valence-electron chi connectivity index (χ0n) is 18.5. The normalized spacial score (nSPS) is 17.9. The number of Topliss-reactive ketones (excluding diaryl/α,β-unsaturated/α-hetero) is 1. The van der Waals surface area contributed by atoms with Crippen LogP contribution in [0.15, 0.2) is 30.3 Å². The predicted octanol–water partition coefficient (Wildman–Crippen LogP) is 4.89. The van der Waals surface area contributed by atoms with Gasteiger partial charge in [0.05, 0.1) is 12.2 Å². The molecule has 0 saturated heterocycles. The Kier molecular flexibility index (Phi) is 6.58. The number of benzene rings is 2. The highest BCUT2D eigenvalue weighted by atomic mass is 19.4. The molecular formula is C24H25F3N2O5. The zero-order valence-corrected chi connectivity index (χ0v) is 18.5. The monoisotopic (exact) mass is 478 g/mol. The van der Waals surface area contributed by atoms with E-state index in [9.17, 15) is 27.9 Å². The van der Waals surface area contributed by atoms with Crippen molar-refractivity contribution < 1.29 is 37.3 Å². The minimum absolute atomic E-state index is 0.00247. The lowest BCUT2D eigenvalue weighted by Crippen LogP contribution is -2.41. The van der Waals surface area contributed by atoms with E-state index in [1.165, 1.54) is 19.1 Å². The van der Waals surface area contributed by atoms with Crippen LogP contribution >= 0.6 is 0 Å². The van der Waals surface area contributed by atoms with Gasteiger partial charge < -0.3 is 25.2 Å². The van der Waals surface area contributed by atoms with Gasteiger partial charge in [0.25, 0.3) is 5.91 Å². The molecule has 0 radical (unpaired) electrons. The number of ether oxygens (including phenoxy) is 2. The number of halogens is 3. The first-order valence-corrected chi connectivity index (χ1v) is 11.1. The van der Waals surface area contributed by atoms with Crippen molar-refractivity contribution in [2.75, 3.05) is 17.2 Å². The Bertz CT molecular complexity index is 1100. The van der Waals surface area contributed by atoms with Crippen molar-refractivity contribution in [3.05, 3.63) is 41.5 Å². The molecular weight excluding hydrogens is 453 g/mol. The van der Waals surface area contributed by atoms with E-state index >= 15 is 0 Å². The Balaban J connectivity index is 1.50. The highest BCUT2D eigenvalue weighted by molar-refractivity contribution is 5.97. The summed E-state index contributed by atoms with van der Waals surface area (Å²) in [5.74, 6) is -0.517. The number of fused-ring (bicyclic) bond motifs is 1. The molecule has 0 aromatic heterocycles. The predicted molar refractivity (Wildman–Crippen MR) is 118 cm³/mol. The number of carbonyl (C=O) groups excluding carboxylic acids is 2. The quantitative estimate of drug-likeness (QED) is 0.547. The van der Waals surface area contributed by atoms with E-state index in [2.05, 4.69) is 15.4 Å². The van der Waals surface area contributed by atoms with Crippen LogP contribution in [0.5, 0.6) is 17.2 Å². The van der Waals surface area contributed by atoms with Crippen molar-refractivity contribution in [3.8, 4) is 17.2 Å². The van der Waals surface area contributed by atoms with Crippen LogP contribution in [0.2, 0.25) is 0 Å². The van der Waals surface area contributed by atoms with Crippen molar-refractivity contribution in [2.24, 2.45) is 0 Å². The third-order valence-corrected chi connectivity index (χ3v) is 5.97. The first kappa shape index (κ1) is 23.7. The number of phenolic OH excluding ortho intramolecular Hbond substituents is 1. The van der Waals surface area contributed by atoms with Crippen LogP contribution in [-0.2, 0) is 16.0 Å². The van der Waals surface area contributed by atoms with Crippen molar-refractivity contribution in [1.82, 2.24) is 0 Å². The molecule has 7 nitrogen and oxygen atoms in total. The molecule has 2 aliphatic rings. The molecule has 4 rings (SSSR count). The molecule has 1 amide bonds. The van der Waals surface area contributed by atoms with Gasteiger partial charge in [0.1, 0.15) is 23.0 Å². The second kappa shape index (κ2) is 9.44. The third-order valence-electron chi connectivity index (χ3n) is 5.97. The molecule has 3 N–H and O–H groups in total. The number of ketones is 1. The fourth-order valence-corrected chi connectivity index (χ4v) is 4.45. The number of amides is 1. The molecule has 182 valence electrons. The summed E-state index contributed by atoms with van der Waals surface area (Å²) in [5, 5.41) is 16.2. The molecule has 1 fully saturated rings. The van der Waals surface area contributed by atoms with Gasteiger partial charge in [-0.2, -0.15) is 0 Å². The standard InChI is InChI=1S/C24H25F3N2O5/c1-13(30)8-15-9-17(14-4-2-3-5-14)20(31)11-18(15)29-23(32)22-12-28-19-10-16(34-24(25,26)27)6-7-21(19)33-22/h6-7,9-11,14,22,28,31H,2-5,8,12H2,1H3,(H,29,32). The van der Waals surface area contributed by atoms with Gasteiger partial charge in [-0.05, 0) is 55.0 Å². The van der Waals surface area contributed by atoms with Crippen LogP contribution < -0.4 is 20.1 Å². The number of carbonyl (C=O) groups is 2. The Morgan fingerprint density at radius 2 is 1.94 bits per heavy atom. The Labute approximate surface area is 194 Å². The summed E-state index contributed by atoms with van der Waals surface area (Å²) in [6.07, 6.45) is -1.59. The molecule has 0 spiro atoms. The zero-order chi connectivity index (χ0) is 24.5. The molecule has 34 heavy (non-hydrogen) atoms. The van der Waals surface area contributed by atoms with Gasteiger partial charge in [-0.1, -0.05) is 12.8 Å². The minimum atomic E-state index is -4.82. The largest absolute Gasteiger partial charge is 0.573 e. The fraction of sp³-hybridized carbons (Fsp3) is 0.417. The number of hydrogen-bond donors (Lipinski definition) is 3. The minimum Gasteiger partial charge on any atom is -0.508 e. The second-order valence-corrected chi connectivity index (χ2v) is 8.61. The van der Waals surface area contributed by atoms with Crippen LogP contribution in [0.25, 0.3) is 0 Å².